The second-order valence-electron chi connectivity index (χ2n) is 4.46. The molecule has 2 heterocycles. The van der Waals surface area contributed by atoms with Gasteiger partial charge in [-0.15, -0.1) is 11.3 Å². The number of thiophene rings is 1. The van der Waals surface area contributed by atoms with Crippen LogP contribution in [0.3, 0.4) is 0 Å². The molecule has 0 spiro atoms. The lowest BCUT2D eigenvalue weighted by Crippen LogP contribution is -2.09. The molecule has 0 aliphatic heterocycles. The minimum Gasteiger partial charge on any atom is -0.369 e. The number of rotatable bonds is 3. The molecule has 1 N–H and O–H groups in total. The summed E-state index contributed by atoms with van der Waals surface area (Å²) >= 11 is 1.74. The molecule has 2 rings (SSSR count). The van der Waals surface area contributed by atoms with Gasteiger partial charge in [-0.05, 0) is 25.3 Å². The summed E-state index contributed by atoms with van der Waals surface area (Å²) < 4.78 is 0. The Morgan fingerprint density at radius 2 is 2.06 bits per heavy atom. The van der Waals surface area contributed by atoms with E-state index in [2.05, 4.69) is 43.0 Å². The van der Waals surface area contributed by atoms with E-state index in [9.17, 15) is 0 Å². The Hall–Kier alpha value is -1.16. The monoisotopic (exact) mass is 235 g/mol. The van der Waals surface area contributed by atoms with Crippen LogP contribution in [0.4, 0.5) is 5.82 Å². The number of nitrogens with zero attached hydrogens (tertiary/aromatic N) is 2. The Morgan fingerprint density at radius 1 is 1.31 bits per heavy atom. The molecule has 0 amide bonds. The number of hydrogen-bond acceptors (Lipinski definition) is 4. The van der Waals surface area contributed by atoms with E-state index in [0.717, 1.165) is 17.2 Å². The smallest absolute Gasteiger partial charge is 0.138 e. The molecule has 0 atom stereocenters. The van der Waals surface area contributed by atoms with E-state index in [1.807, 2.05) is 0 Å². The number of aromatic nitrogens is 2. The van der Waals surface area contributed by atoms with Gasteiger partial charge in [0.15, 0.2) is 0 Å². The number of hydrogen-bond donors (Lipinski definition) is 1. The first-order valence-electron chi connectivity index (χ1n) is 5.54. The molecule has 2 aromatic heterocycles. The molecule has 3 nitrogen and oxygen atoms in total. The maximum atomic E-state index is 4.34. The van der Waals surface area contributed by atoms with E-state index in [-0.39, 0.29) is 0 Å². The zero-order chi connectivity index (χ0) is 11.7. The predicted molar refractivity (Wildman–Crippen MR) is 70.2 cm³/mol. The number of aryl methyl sites for hydroxylation is 2. The van der Waals surface area contributed by atoms with E-state index in [1.165, 1.54) is 15.8 Å². The van der Waals surface area contributed by atoms with Crippen molar-refractivity contribution in [3.63, 3.8) is 0 Å². The lowest BCUT2D eigenvalue weighted by molar-refractivity contribution is 0.687. The van der Waals surface area contributed by atoms with E-state index >= 15 is 0 Å². The van der Waals surface area contributed by atoms with Crippen molar-refractivity contribution in [2.75, 3.05) is 11.9 Å². The maximum Gasteiger partial charge on any atom is 0.138 e. The molecule has 0 radical (unpaired) electrons. The van der Waals surface area contributed by atoms with Gasteiger partial charge in [0, 0.05) is 11.4 Å². The van der Waals surface area contributed by atoms with Crippen molar-refractivity contribution in [1.82, 2.24) is 9.97 Å². The van der Waals surface area contributed by atoms with Gasteiger partial charge in [-0.2, -0.15) is 0 Å². The Bertz CT molecular complexity index is 502. The summed E-state index contributed by atoms with van der Waals surface area (Å²) in [5, 5.41) is 4.58. The third-order valence-electron chi connectivity index (χ3n) is 2.64. The van der Waals surface area contributed by atoms with Crippen LogP contribution in [0, 0.1) is 19.8 Å². The topological polar surface area (TPSA) is 37.8 Å². The van der Waals surface area contributed by atoms with Gasteiger partial charge in [0.05, 0.1) is 5.39 Å². The van der Waals surface area contributed by atoms with Crippen molar-refractivity contribution in [1.29, 1.82) is 0 Å². The average molecular weight is 235 g/mol. The second-order valence-corrected chi connectivity index (χ2v) is 5.66. The lowest BCUT2D eigenvalue weighted by atomic mass is 10.2. The molecule has 2 aromatic rings. The largest absolute Gasteiger partial charge is 0.369 e. The minimum atomic E-state index is 0.616. The van der Waals surface area contributed by atoms with Gasteiger partial charge in [0.25, 0.3) is 0 Å². The normalized spacial score (nSPS) is 11.3. The molecule has 0 aliphatic rings. The molecule has 86 valence electrons. The SMILES string of the molecule is Cc1sc2ncnc(NCC(C)C)c2c1C. The van der Waals surface area contributed by atoms with E-state index in [4.69, 9.17) is 0 Å². The molecule has 0 saturated heterocycles. The molecular formula is C12H17N3S. The van der Waals surface area contributed by atoms with Gasteiger partial charge in [-0.25, -0.2) is 9.97 Å². The highest BCUT2D eigenvalue weighted by Gasteiger charge is 2.11. The quantitative estimate of drug-likeness (QED) is 0.886. The molecule has 0 aliphatic carbocycles. The van der Waals surface area contributed by atoms with Crippen molar-refractivity contribution in [2.24, 2.45) is 5.92 Å². The fourth-order valence-electron chi connectivity index (χ4n) is 1.62. The molecular weight excluding hydrogens is 218 g/mol. The zero-order valence-electron chi connectivity index (χ0n) is 10.2. The lowest BCUT2D eigenvalue weighted by Gasteiger charge is -2.09. The molecule has 4 heteroatoms. The van der Waals surface area contributed by atoms with E-state index < -0.39 is 0 Å². The van der Waals surface area contributed by atoms with Gasteiger partial charge in [-0.3, -0.25) is 0 Å². The Morgan fingerprint density at radius 3 is 2.75 bits per heavy atom. The van der Waals surface area contributed by atoms with Crippen LogP contribution in [0.25, 0.3) is 10.2 Å². The van der Waals surface area contributed by atoms with Gasteiger partial charge in [0.1, 0.15) is 17.0 Å². The van der Waals surface area contributed by atoms with Crippen LogP contribution >= 0.6 is 11.3 Å². The average Bonchev–Trinajstić information content (AvgIpc) is 2.52. The number of nitrogens with one attached hydrogen (secondary N) is 1. The highest BCUT2D eigenvalue weighted by molar-refractivity contribution is 7.18. The summed E-state index contributed by atoms with van der Waals surface area (Å²) in [6, 6.07) is 0. The summed E-state index contributed by atoms with van der Waals surface area (Å²) in [5.74, 6) is 1.59. The van der Waals surface area contributed by atoms with Gasteiger partial charge in [0.2, 0.25) is 0 Å². The molecule has 0 aromatic carbocycles. The summed E-state index contributed by atoms with van der Waals surface area (Å²) in [6.45, 7) is 9.60. The van der Waals surface area contributed by atoms with Crippen molar-refractivity contribution < 1.29 is 0 Å². The number of fused-ring (bicyclic) bond motifs is 1. The van der Waals surface area contributed by atoms with Crippen LogP contribution in [-0.4, -0.2) is 16.5 Å². The molecule has 0 unspecified atom stereocenters. The number of anilines is 1. The van der Waals surface area contributed by atoms with Gasteiger partial charge in [-0.1, -0.05) is 13.8 Å². The molecule has 0 fully saturated rings. The van der Waals surface area contributed by atoms with Crippen LogP contribution in [0.5, 0.6) is 0 Å². The summed E-state index contributed by atoms with van der Waals surface area (Å²) in [5.41, 5.74) is 1.30. The summed E-state index contributed by atoms with van der Waals surface area (Å²) in [4.78, 5) is 11.1. The maximum absolute atomic E-state index is 4.34. The molecule has 16 heavy (non-hydrogen) atoms. The first-order valence-corrected chi connectivity index (χ1v) is 6.35. The first-order chi connectivity index (χ1) is 7.59. The van der Waals surface area contributed by atoms with Crippen molar-refractivity contribution in [3.05, 3.63) is 16.8 Å². The third-order valence-corrected chi connectivity index (χ3v) is 3.76. The van der Waals surface area contributed by atoms with Crippen molar-refractivity contribution in [3.8, 4) is 0 Å². The fraction of sp³-hybridized carbons (Fsp3) is 0.500. The van der Waals surface area contributed by atoms with E-state index in [1.54, 1.807) is 17.7 Å². The van der Waals surface area contributed by atoms with Crippen molar-refractivity contribution >= 4 is 27.4 Å². The van der Waals surface area contributed by atoms with Crippen LogP contribution in [0.2, 0.25) is 0 Å². The molecule has 0 saturated carbocycles. The Balaban J connectivity index is 2.44. The Kier molecular flexibility index (Phi) is 3.10. The highest BCUT2D eigenvalue weighted by Crippen LogP contribution is 2.32. The second kappa shape index (κ2) is 4.37. The Labute approximate surface area is 99.9 Å². The third kappa shape index (κ3) is 2.02. The van der Waals surface area contributed by atoms with Crippen molar-refractivity contribution in [2.45, 2.75) is 27.7 Å². The first kappa shape index (κ1) is 11.3. The predicted octanol–water partition coefficient (Wildman–Crippen LogP) is 3.38. The van der Waals surface area contributed by atoms with Gasteiger partial charge < -0.3 is 5.32 Å². The van der Waals surface area contributed by atoms with Crippen LogP contribution in [0.1, 0.15) is 24.3 Å². The summed E-state index contributed by atoms with van der Waals surface area (Å²) in [7, 11) is 0. The van der Waals surface area contributed by atoms with Crippen LogP contribution < -0.4 is 5.32 Å². The van der Waals surface area contributed by atoms with E-state index in [0.29, 0.717) is 5.92 Å². The summed E-state index contributed by atoms with van der Waals surface area (Å²) in [6.07, 6.45) is 1.64. The minimum absolute atomic E-state index is 0.616. The fourth-order valence-corrected chi connectivity index (χ4v) is 2.61. The molecule has 0 bridgehead atoms. The zero-order valence-corrected chi connectivity index (χ0v) is 11.0. The standard InChI is InChI=1S/C12H17N3S/c1-7(2)5-13-11-10-8(3)9(4)16-12(10)15-6-14-11/h6-7H,5H2,1-4H3,(H,13,14,15). The highest BCUT2D eigenvalue weighted by atomic mass is 32.1. The van der Waals surface area contributed by atoms with Crippen LogP contribution in [0.15, 0.2) is 6.33 Å². The van der Waals surface area contributed by atoms with Gasteiger partial charge >= 0.3 is 0 Å². The van der Waals surface area contributed by atoms with Crippen LogP contribution in [-0.2, 0) is 0 Å².